The lowest BCUT2D eigenvalue weighted by molar-refractivity contribution is 0.150. The lowest BCUT2D eigenvalue weighted by atomic mass is 10.1. The van der Waals surface area contributed by atoms with E-state index in [9.17, 15) is 13.2 Å². The number of rotatable bonds is 2. The Morgan fingerprint density at radius 1 is 1.54 bits per heavy atom. The minimum Gasteiger partial charge on any atom is -0.228 e. The zero-order chi connectivity index (χ0) is 10.0. The Labute approximate surface area is 78.5 Å². The van der Waals surface area contributed by atoms with Gasteiger partial charge in [-0.15, -0.1) is 11.6 Å². The molecule has 0 saturated heterocycles. The summed E-state index contributed by atoms with van der Waals surface area (Å²) in [6.45, 7) is 1.41. The van der Waals surface area contributed by atoms with Gasteiger partial charge in [-0.05, 0) is 12.5 Å². The largest absolute Gasteiger partial charge is 0.265 e. The molecule has 13 heavy (non-hydrogen) atoms. The molecule has 0 spiro atoms. The fraction of sp³-hybridized carbons (Fsp3) is 0.375. The number of pyridine rings is 1. The van der Waals surface area contributed by atoms with Crippen LogP contribution >= 0.6 is 11.6 Å². The molecule has 5 heteroatoms. The van der Waals surface area contributed by atoms with Crippen LogP contribution in [0.25, 0.3) is 0 Å². The zero-order valence-corrected chi connectivity index (χ0v) is 7.58. The van der Waals surface area contributed by atoms with Crippen molar-refractivity contribution >= 4 is 11.6 Å². The van der Waals surface area contributed by atoms with Crippen LogP contribution in [0.3, 0.4) is 0 Å². The van der Waals surface area contributed by atoms with Crippen LogP contribution in [0, 0.1) is 12.9 Å². The summed E-state index contributed by atoms with van der Waals surface area (Å²) in [6, 6.07) is 0. The van der Waals surface area contributed by atoms with Gasteiger partial charge in [-0.25, -0.2) is 13.8 Å². The highest BCUT2D eigenvalue weighted by Gasteiger charge is 2.16. The van der Waals surface area contributed by atoms with E-state index in [0.29, 0.717) is 0 Å². The van der Waals surface area contributed by atoms with E-state index in [1.54, 1.807) is 0 Å². The van der Waals surface area contributed by atoms with Gasteiger partial charge in [0, 0.05) is 17.3 Å². The molecule has 0 radical (unpaired) electrons. The van der Waals surface area contributed by atoms with Crippen molar-refractivity contribution in [3.8, 4) is 0 Å². The first kappa shape index (κ1) is 10.3. The van der Waals surface area contributed by atoms with Gasteiger partial charge in [0.1, 0.15) is 0 Å². The predicted octanol–water partition coefficient (Wildman–Crippen LogP) is 3.21. The zero-order valence-electron chi connectivity index (χ0n) is 6.82. The van der Waals surface area contributed by atoms with Crippen molar-refractivity contribution in [1.29, 1.82) is 0 Å². The van der Waals surface area contributed by atoms with Crippen molar-refractivity contribution in [3.05, 3.63) is 28.8 Å². The molecule has 0 saturated carbocycles. The van der Waals surface area contributed by atoms with Crippen LogP contribution in [0.2, 0.25) is 0 Å². The normalized spacial score (nSPS) is 10.9. The van der Waals surface area contributed by atoms with Gasteiger partial charge in [0.25, 0.3) is 6.43 Å². The number of aromatic nitrogens is 1. The van der Waals surface area contributed by atoms with Crippen LogP contribution in [-0.4, -0.2) is 4.98 Å². The standard InChI is InChI=1S/C8H7ClF3N/c1-4-5(2-9)8(12)13-3-6(4)7(10)11/h3,7H,2H2,1H3. The van der Waals surface area contributed by atoms with E-state index in [0.717, 1.165) is 6.20 Å². The SMILES string of the molecule is Cc1c(C(F)F)cnc(F)c1CCl. The highest BCUT2D eigenvalue weighted by Crippen LogP contribution is 2.25. The van der Waals surface area contributed by atoms with E-state index in [4.69, 9.17) is 11.6 Å². The lowest BCUT2D eigenvalue weighted by Gasteiger charge is -2.08. The van der Waals surface area contributed by atoms with Gasteiger partial charge in [0.15, 0.2) is 0 Å². The van der Waals surface area contributed by atoms with Crippen molar-refractivity contribution in [1.82, 2.24) is 4.98 Å². The Kier molecular flexibility index (Phi) is 3.14. The Bertz CT molecular complexity index is 315. The van der Waals surface area contributed by atoms with Crippen LogP contribution in [0.15, 0.2) is 6.20 Å². The maximum atomic E-state index is 12.9. The molecule has 72 valence electrons. The molecule has 1 aromatic rings. The summed E-state index contributed by atoms with van der Waals surface area (Å²) in [7, 11) is 0. The first-order chi connectivity index (χ1) is 6.07. The molecule has 0 aromatic carbocycles. The molecule has 0 bridgehead atoms. The van der Waals surface area contributed by atoms with E-state index in [-0.39, 0.29) is 22.6 Å². The third kappa shape index (κ3) is 1.94. The minimum atomic E-state index is -2.64. The predicted molar refractivity (Wildman–Crippen MR) is 43.4 cm³/mol. The number of alkyl halides is 3. The van der Waals surface area contributed by atoms with Crippen molar-refractivity contribution < 1.29 is 13.2 Å². The summed E-state index contributed by atoms with van der Waals surface area (Å²) < 4.78 is 37.4. The molecule has 0 N–H and O–H groups in total. The van der Waals surface area contributed by atoms with E-state index in [2.05, 4.69) is 4.98 Å². The van der Waals surface area contributed by atoms with Crippen molar-refractivity contribution in [2.24, 2.45) is 0 Å². The Hall–Kier alpha value is -0.770. The molecule has 0 aliphatic carbocycles. The smallest absolute Gasteiger partial charge is 0.228 e. The molecule has 0 fully saturated rings. The summed E-state index contributed by atoms with van der Waals surface area (Å²) >= 11 is 5.39. The molecule has 0 atom stereocenters. The Balaban J connectivity index is 3.27. The number of nitrogens with zero attached hydrogens (tertiary/aromatic N) is 1. The average Bonchev–Trinajstić information content (AvgIpc) is 2.04. The Morgan fingerprint density at radius 3 is 2.62 bits per heavy atom. The van der Waals surface area contributed by atoms with Gasteiger partial charge in [-0.3, -0.25) is 0 Å². The number of hydrogen-bond donors (Lipinski definition) is 0. The highest BCUT2D eigenvalue weighted by atomic mass is 35.5. The van der Waals surface area contributed by atoms with E-state index >= 15 is 0 Å². The summed E-state index contributed by atoms with van der Waals surface area (Å²) in [5.74, 6) is -0.928. The first-order valence-corrected chi connectivity index (χ1v) is 4.09. The number of halogens is 4. The molecule has 0 amide bonds. The van der Waals surface area contributed by atoms with Crippen molar-refractivity contribution in [3.63, 3.8) is 0 Å². The molecule has 1 aromatic heterocycles. The second kappa shape index (κ2) is 3.96. The van der Waals surface area contributed by atoms with Crippen LogP contribution in [-0.2, 0) is 5.88 Å². The van der Waals surface area contributed by atoms with Gasteiger partial charge in [0.05, 0.1) is 5.88 Å². The van der Waals surface area contributed by atoms with E-state index in [1.807, 2.05) is 0 Å². The van der Waals surface area contributed by atoms with Gasteiger partial charge in [0.2, 0.25) is 5.95 Å². The van der Waals surface area contributed by atoms with E-state index < -0.39 is 12.4 Å². The van der Waals surface area contributed by atoms with Gasteiger partial charge < -0.3 is 0 Å². The third-order valence-electron chi connectivity index (χ3n) is 1.82. The van der Waals surface area contributed by atoms with Gasteiger partial charge >= 0.3 is 0 Å². The molecule has 0 aliphatic heterocycles. The second-order valence-electron chi connectivity index (χ2n) is 2.54. The molecule has 1 rings (SSSR count). The molecule has 0 unspecified atom stereocenters. The fourth-order valence-electron chi connectivity index (χ4n) is 1.01. The third-order valence-corrected chi connectivity index (χ3v) is 2.09. The second-order valence-corrected chi connectivity index (χ2v) is 2.81. The minimum absolute atomic E-state index is 0.0412. The Morgan fingerprint density at radius 2 is 2.15 bits per heavy atom. The van der Waals surface area contributed by atoms with Gasteiger partial charge in [-0.1, -0.05) is 0 Å². The quantitative estimate of drug-likeness (QED) is 0.538. The average molecular weight is 210 g/mol. The van der Waals surface area contributed by atoms with Crippen molar-refractivity contribution in [2.75, 3.05) is 0 Å². The van der Waals surface area contributed by atoms with Crippen molar-refractivity contribution in [2.45, 2.75) is 19.2 Å². The summed E-state index contributed by atoms with van der Waals surface area (Å²) in [6.07, 6.45) is -1.80. The summed E-state index contributed by atoms with van der Waals surface area (Å²) in [4.78, 5) is 3.20. The molecular weight excluding hydrogens is 203 g/mol. The van der Waals surface area contributed by atoms with Crippen LogP contribution < -0.4 is 0 Å². The van der Waals surface area contributed by atoms with Crippen LogP contribution in [0.4, 0.5) is 13.2 Å². The number of hydrogen-bond acceptors (Lipinski definition) is 1. The highest BCUT2D eigenvalue weighted by molar-refractivity contribution is 6.17. The van der Waals surface area contributed by atoms with Crippen LogP contribution in [0.5, 0.6) is 0 Å². The fourth-order valence-corrected chi connectivity index (χ4v) is 1.32. The first-order valence-electron chi connectivity index (χ1n) is 3.56. The molecule has 0 aliphatic rings. The molecular formula is C8H7ClF3N. The monoisotopic (exact) mass is 209 g/mol. The van der Waals surface area contributed by atoms with Gasteiger partial charge in [-0.2, -0.15) is 4.39 Å². The summed E-state index contributed by atoms with van der Waals surface area (Å²) in [5.41, 5.74) is -0.0472. The topological polar surface area (TPSA) is 12.9 Å². The van der Waals surface area contributed by atoms with E-state index in [1.165, 1.54) is 6.92 Å². The maximum Gasteiger partial charge on any atom is 0.265 e. The summed E-state index contributed by atoms with van der Waals surface area (Å²) in [5, 5.41) is 0. The molecule has 1 heterocycles. The van der Waals surface area contributed by atoms with Crippen LogP contribution in [0.1, 0.15) is 23.1 Å². The lowest BCUT2D eigenvalue weighted by Crippen LogP contribution is -2.00. The molecule has 1 nitrogen and oxygen atoms in total. The maximum absolute atomic E-state index is 12.9.